The molecule has 0 aromatic heterocycles. The number of rotatable bonds is 3. The molecule has 3 heteroatoms. The van der Waals surface area contributed by atoms with Crippen molar-refractivity contribution in [1.29, 1.82) is 0 Å². The topological polar surface area (TPSA) is 15.6 Å². The van der Waals surface area contributed by atoms with Crippen LogP contribution in [0.5, 0.6) is 0 Å². The van der Waals surface area contributed by atoms with Crippen LogP contribution in [0.2, 0.25) is 5.02 Å². The maximum atomic E-state index is 6.12. The van der Waals surface area contributed by atoms with Gasteiger partial charge in [0.05, 0.1) is 10.7 Å². The smallest absolute Gasteiger partial charge is 0.0816 e. The van der Waals surface area contributed by atoms with E-state index in [0.29, 0.717) is 5.02 Å². The first kappa shape index (κ1) is 14.2. The van der Waals surface area contributed by atoms with Gasteiger partial charge in [-0.25, -0.2) is 0 Å². The van der Waals surface area contributed by atoms with Crippen LogP contribution in [-0.2, 0) is 0 Å². The highest BCUT2D eigenvalue weighted by atomic mass is 35.5. The zero-order chi connectivity index (χ0) is 14.7. The van der Waals surface area contributed by atoms with Gasteiger partial charge < -0.3 is 4.90 Å². The van der Waals surface area contributed by atoms with Gasteiger partial charge >= 0.3 is 0 Å². The van der Waals surface area contributed by atoms with Crippen LogP contribution in [0.1, 0.15) is 24.0 Å². The maximum Gasteiger partial charge on any atom is 0.0816 e. The second-order valence-corrected chi connectivity index (χ2v) is 5.85. The molecule has 1 aliphatic heterocycles. The van der Waals surface area contributed by atoms with Crippen LogP contribution in [0.3, 0.4) is 0 Å². The van der Waals surface area contributed by atoms with Crippen LogP contribution in [-0.4, -0.2) is 19.3 Å². The molecule has 0 aliphatic carbocycles. The maximum absolute atomic E-state index is 6.12. The molecule has 2 nitrogen and oxygen atoms in total. The van der Waals surface area contributed by atoms with Crippen LogP contribution >= 0.6 is 11.6 Å². The normalized spacial score (nSPS) is 15.0. The van der Waals surface area contributed by atoms with Gasteiger partial charge in [-0.15, -0.1) is 0 Å². The van der Waals surface area contributed by atoms with Crippen molar-refractivity contribution in [2.24, 2.45) is 4.99 Å². The monoisotopic (exact) mass is 298 g/mol. The van der Waals surface area contributed by atoms with Gasteiger partial charge in [0, 0.05) is 25.0 Å². The summed E-state index contributed by atoms with van der Waals surface area (Å²) >= 11 is 6.12. The van der Waals surface area contributed by atoms with E-state index in [1.165, 1.54) is 37.2 Å². The van der Waals surface area contributed by atoms with Crippen molar-refractivity contribution in [3.05, 3.63) is 58.6 Å². The SMILES string of the molecule is Cc1cc(N2CCCC2)ccc1C=Nc1ccccc1Cl. The predicted octanol–water partition coefficient (Wildman–Crippen LogP) is 5.00. The van der Waals surface area contributed by atoms with Gasteiger partial charge in [-0.1, -0.05) is 29.8 Å². The minimum absolute atomic E-state index is 0.681. The largest absolute Gasteiger partial charge is 0.372 e. The molecule has 2 aromatic rings. The molecule has 0 amide bonds. The molecule has 3 rings (SSSR count). The molecular formula is C18H19ClN2. The van der Waals surface area contributed by atoms with Crippen molar-refractivity contribution >= 4 is 29.2 Å². The molecule has 1 heterocycles. The standard InChI is InChI=1S/C18H19ClN2/c1-14-12-16(21-10-4-5-11-21)9-8-15(14)13-20-18-7-3-2-6-17(18)19/h2-3,6-9,12-13H,4-5,10-11H2,1H3. The van der Waals surface area contributed by atoms with E-state index < -0.39 is 0 Å². The minimum atomic E-state index is 0.681. The van der Waals surface area contributed by atoms with E-state index in [9.17, 15) is 0 Å². The molecule has 1 aliphatic rings. The number of para-hydroxylation sites is 1. The summed E-state index contributed by atoms with van der Waals surface area (Å²) in [5.74, 6) is 0. The molecule has 0 N–H and O–H groups in total. The predicted molar refractivity (Wildman–Crippen MR) is 91.3 cm³/mol. The van der Waals surface area contributed by atoms with Gasteiger partial charge in [0.1, 0.15) is 0 Å². The molecule has 1 saturated heterocycles. The van der Waals surface area contributed by atoms with E-state index in [2.05, 4.69) is 35.0 Å². The van der Waals surface area contributed by atoms with E-state index in [1.54, 1.807) is 0 Å². The van der Waals surface area contributed by atoms with Gasteiger partial charge in [0.2, 0.25) is 0 Å². The fraction of sp³-hybridized carbons (Fsp3) is 0.278. The molecule has 21 heavy (non-hydrogen) atoms. The molecule has 2 aromatic carbocycles. The van der Waals surface area contributed by atoms with E-state index in [0.717, 1.165) is 11.3 Å². The Kier molecular flexibility index (Phi) is 4.26. The quantitative estimate of drug-likeness (QED) is 0.728. The van der Waals surface area contributed by atoms with Crippen LogP contribution in [0.25, 0.3) is 0 Å². The lowest BCUT2D eigenvalue weighted by atomic mass is 10.1. The minimum Gasteiger partial charge on any atom is -0.372 e. The first-order valence-electron chi connectivity index (χ1n) is 7.38. The summed E-state index contributed by atoms with van der Waals surface area (Å²) in [6, 6.07) is 14.2. The molecular weight excluding hydrogens is 280 g/mol. The molecule has 0 bridgehead atoms. The van der Waals surface area contributed by atoms with Gasteiger partial charge in [0.25, 0.3) is 0 Å². The number of aryl methyl sites for hydroxylation is 1. The van der Waals surface area contributed by atoms with Gasteiger partial charge in [-0.2, -0.15) is 0 Å². The highest BCUT2D eigenvalue weighted by Crippen LogP contribution is 2.25. The van der Waals surface area contributed by atoms with E-state index in [4.69, 9.17) is 11.6 Å². The molecule has 0 atom stereocenters. The summed E-state index contributed by atoms with van der Waals surface area (Å²) in [6.07, 6.45) is 4.49. The van der Waals surface area contributed by atoms with Crippen molar-refractivity contribution in [3.8, 4) is 0 Å². The summed E-state index contributed by atoms with van der Waals surface area (Å²) < 4.78 is 0. The Labute approximate surface area is 131 Å². The summed E-state index contributed by atoms with van der Waals surface area (Å²) in [7, 11) is 0. The lowest BCUT2D eigenvalue weighted by Crippen LogP contribution is -2.17. The number of halogens is 1. The molecule has 0 radical (unpaired) electrons. The van der Waals surface area contributed by atoms with Crippen molar-refractivity contribution in [3.63, 3.8) is 0 Å². The summed E-state index contributed by atoms with van der Waals surface area (Å²) in [5, 5.41) is 0.681. The van der Waals surface area contributed by atoms with Crippen LogP contribution in [0, 0.1) is 6.92 Å². The van der Waals surface area contributed by atoms with Crippen molar-refractivity contribution in [2.45, 2.75) is 19.8 Å². The number of hydrogen-bond acceptors (Lipinski definition) is 2. The third-order valence-electron chi connectivity index (χ3n) is 3.92. The fourth-order valence-corrected chi connectivity index (χ4v) is 2.86. The summed E-state index contributed by atoms with van der Waals surface area (Å²) in [4.78, 5) is 6.94. The van der Waals surface area contributed by atoms with Crippen molar-refractivity contribution in [1.82, 2.24) is 0 Å². The number of benzene rings is 2. The Morgan fingerprint density at radius 3 is 2.57 bits per heavy atom. The molecule has 108 valence electrons. The number of aliphatic imine (C=N–C) groups is 1. The lowest BCUT2D eigenvalue weighted by molar-refractivity contribution is 0.949. The van der Waals surface area contributed by atoms with E-state index >= 15 is 0 Å². The van der Waals surface area contributed by atoms with Gasteiger partial charge in [0.15, 0.2) is 0 Å². The molecule has 1 fully saturated rings. The Morgan fingerprint density at radius 1 is 1.10 bits per heavy atom. The van der Waals surface area contributed by atoms with Crippen LogP contribution in [0.4, 0.5) is 11.4 Å². The fourth-order valence-electron chi connectivity index (χ4n) is 2.67. The zero-order valence-electron chi connectivity index (χ0n) is 12.2. The second kappa shape index (κ2) is 6.31. The average Bonchev–Trinajstić information content (AvgIpc) is 3.02. The number of hydrogen-bond donors (Lipinski definition) is 0. The van der Waals surface area contributed by atoms with Gasteiger partial charge in [-0.05, 0) is 55.2 Å². The molecule has 0 spiro atoms. The third kappa shape index (κ3) is 3.27. The molecule has 0 unspecified atom stereocenters. The molecule has 0 saturated carbocycles. The number of anilines is 1. The number of nitrogens with zero attached hydrogens (tertiary/aromatic N) is 2. The zero-order valence-corrected chi connectivity index (χ0v) is 13.0. The van der Waals surface area contributed by atoms with E-state index in [-0.39, 0.29) is 0 Å². The van der Waals surface area contributed by atoms with Crippen molar-refractivity contribution < 1.29 is 0 Å². The first-order valence-corrected chi connectivity index (χ1v) is 7.76. The Morgan fingerprint density at radius 2 is 1.86 bits per heavy atom. The second-order valence-electron chi connectivity index (χ2n) is 5.44. The Balaban J connectivity index is 1.81. The summed E-state index contributed by atoms with van der Waals surface area (Å²) in [6.45, 7) is 4.48. The third-order valence-corrected chi connectivity index (χ3v) is 4.24. The first-order chi connectivity index (χ1) is 10.2. The van der Waals surface area contributed by atoms with Crippen LogP contribution < -0.4 is 4.90 Å². The Hall–Kier alpha value is -1.80. The Bertz CT molecular complexity index is 658. The lowest BCUT2D eigenvalue weighted by Gasteiger charge is -2.18. The average molecular weight is 299 g/mol. The summed E-state index contributed by atoms with van der Waals surface area (Å²) in [5.41, 5.74) is 4.51. The van der Waals surface area contributed by atoms with Gasteiger partial charge in [-0.3, -0.25) is 4.99 Å². The highest BCUT2D eigenvalue weighted by Gasteiger charge is 2.12. The highest BCUT2D eigenvalue weighted by molar-refractivity contribution is 6.33. The van der Waals surface area contributed by atoms with E-state index in [1.807, 2.05) is 30.5 Å². The van der Waals surface area contributed by atoms with Crippen LogP contribution in [0.15, 0.2) is 47.5 Å². The van der Waals surface area contributed by atoms with Crippen molar-refractivity contribution in [2.75, 3.05) is 18.0 Å².